The molecule has 3 nitrogen and oxygen atoms in total. The molecule has 1 rings (SSSR count). The molecule has 0 heterocycles. The smallest absolute Gasteiger partial charge is 0.252 e. The fourth-order valence-electron chi connectivity index (χ4n) is 1.38. The summed E-state index contributed by atoms with van der Waals surface area (Å²) in [7, 11) is -0.920. The molecular weight excluding hydrogens is 322 g/mol. The van der Waals surface area contributed by atoms with Crippen molar-refractivity contribution < 1.29 is 9.00 Å². The average molecular weight is 336 g/mol. The minimum absolute atomic E-state index is 0.121. The van der Waals surface area contributed by atoms with Crippen LogP contribution in [0.5, 0.6) is 0 Å². The second kappa shape index (κ2) is 6.56. The molecule has 0 fully saturated rings. The van der Waals surface area contributed by atoms with Crippen LogP contribution in [0.4, 0.5) is 0 Å². The summed E-state index contributed by atoms with van der Waals surface area (Å²) < 4.78 is 11.8. The lowest BCUT2D eigenvalue weighted by molar-refractivity contribution is 0.0942. The van der Waals surface area contributed by atoms with Crippen molar-refractivity contribution in [3.8, 4) is 0 Å². The Morgan fingerprint density at radius 1 is 1.59 bits per heavy atom. The van der Waals surface area contributed by atoms with Gasteiger partial charge in [0, 0.05) is 38.2 Å². The number of amides is 1. The fourth-order valence-corrected chi connectivity index (χ4v) is 2.80. The Morgan fingerprint density at radius 3 is 2.82 bits per heavy atom. The van der Waals surface area contributed by atoms with Gasteiger partial charge in [-0.15, -0.1) is 12.6 Å². The van der Waals surface area contributed by atoms with Gasteiger partial charge in [0.2, 0.25) is 0 Å². The van der Waals surface area contributed by atoms with Crippen LogP contribution in [0, 0.1) is 0 Å². The molecule has 6 heteroatoms. The van der Waals surface area contributed by atoms with Crippen LogP contribution in [-0.4, -0.2) is 28.2 Å². The summed E-state index contributed by atoms with van der Waals surface area (Å²) in [5, 5.41) is 2.80. The molecular formula is C11H14BrNO2S2. The first-order valence-electron chi connectivity index (χ1n) is 4.99. The van der Waals surface area contributed by atoms with Gasteiger partial charge in [0.15, 0.2) is 0 Å². The van der Waals surface area contributed by atoms with Crippen LogP contribution in [0.3, 0.4) is 0 Å². The zero-order chi connectivity index (χ0) is 13.0. The number of carbonyl (C=O) groups excluding carboxylic acids is 1. The molecule has 2 atom stereocenters. The van der Waals surface area contributed by atoms with E-state index in [0.717, 1.165) is 9.37 Å². The highest BCUT2D eigenvalue weighted by Gasteiger charge is 2.13. The Balaban J connectivity index is 2.76. The number of rotatable bonds is 4. The standard InChI is InChI=1S/C11H14BrNO2S2/c1-7(6-17(2)15)13-11(14)9-5-8(16)3-4-10(9)12/h3-5,7,16H,6H2,1-2H3,(H,13,14). The van der Waals surface area contributed by atoms with Crippen molar-refractivity contribution in [1.82, 2.24) is 5.32 Å². The first kappa shape index (κ1) is 14.7. The molecule has 0 aliphatic heterocycles. The molecule has 0 aliphatic rings. The van der Waals surface area contributed by atoms with Crippen LogP contribution < -0.4 is 5.32 Å². The Kier molecular flexibility index (Phi) is 5.69. The second-order valence-electron chi connectivity index (χ2n) is 3.78. The molecule has 1 amide bonds. The van der Waals surface area contributed by atoms with E-state index in [1.807, 2.05) is 6.92 Å². The van der Waals surface area contributed by atoms with Crippen molar-refractivity contribution in [3.63, 3.8) is 0 Å². The van der Waals surface area contributed by atoms with Gasteiger partial charge in [-0.2, -0.15) is 0 Å². The number of hydrogen-bond donors (Lipinski definition) is 2. The van der Waals surface area contributed by atoms with Gasteiger partial charge in [-0.3, -0.25) is 9.00 Å². The van der Waals surface area contributed by atoms with Gasteiger partial charge < -0.3 is 5.32 Å². The zero-order valence-electron chi connectivity index (χ0n) is 9.57. The molecule has 17 heavy (non-hydrogen) atoms. The molecule has 94 valence electrons. The van der Waals surface area contributed by atoms with E-state index in [4.69, 9.17) is 0 Å². The third kappa shape index (κ3) is 4.81. The summed E-state index contributed by atoms with van der Waals surface area (Å²) >= 11 is 7.51. The monoisotopic (exact) mass is 335 g/mol. The van der Waals surface area contributed by atoms with Crippen LogP contribution in [0.25, 0.3) is 0 Å². The van der Waals surface area contributed by atoms with Gasteiger partial charge >= 0.3 is 0 Å². The Morgan fingerprint density at radius 2 is 2.24 bits per heavy atom. The van der Waals surface area contributed by atoms with E-state index in [2.05, 4.69) is 33.9 Å². The summed E-state index contributed by atoms with van der Waals surface area (Å²) in [6.45, 7) is 1.83. The van der Waals surface area contributed by atoms with Crippen molar-refractivity contribution in [1.29, 1.82) is 0 Å². The first-order valence-corrected chi connectivity index (χ1v) is 7.96. The van der Waals surface area contributed by atoms with Gasteiger partial charge in [0.05, 0.1) is 5.56 Å². The predicted octanol–water partition coefficient (Wildman–Crippen LogP) is 2.23. The van der Waals surface area contributed by atoms with Crippen LogP contribution in [-0.2, 0) is 10.8 Å². The Labute approximate surface area is 117 Å². The summed E-state index contributed by atoms with van der Waals surface area (Å²) in [6, 6.07) is 5.15. The zero-order valence-corrected chi connectivity index (χ0v) is 12.9. The molecule has 0 aromatic heterocycles. The summed E-state index contributed by atoms with van der Waals surface area (Å²) in [5.74, 6) is 0.259. The number of nitrogens with one attached hydrogen (secondary N) is 1. The number of hydrogen-bond acceptors (Lipinski definition) is 3. The highest BCUT2D eigenvalue weighted by Crippen LogP contribution is 2.20. The molecule has 1 N–H and O–H groups in total. The molecule has 0 saturated carbocycles. The topological polar surface area (TPSA) is 46.2 Å². The molecule has 0 radical (unpaired) electrons. The normalized spacial score (nSPS) is 14.1. The van der Waals surface area contributed by atoms with E-state index >= 15 is 0 Å². The van der Waals surface area contributed by atoms with Crippen molar-refractivity contribution in [2.24, 2.45) is 0 Å². The number of benzene rings is 1. The van der Waals surface area contributed by atoms with Crippen LogP contribution in [0.2, 0.25) is 0 Å². The van der Waals surface area contributed by atoms with E-state index in [-0.39, 0.29) is 11.9 Å². The van der Waals surface area contributed by atoms with Crippen molar-refractivity contribution in [3.05, 3.63) is 28.2 Å². The van der Waals surface area contributed by atoms with Crippen molar-refractivity contribution >= 4 is 45.3 Å². The van der Waals surface area contributed by atoms with E-state index in [1.165, 1.54) is 0 Å². The van der Waals surface area contributed by atoms with Crippen molar-refractivity contribution in [2.45, 2.75) is 17.9 Å². The lowest BCUT2D eigenvalue weighted by atomic mass is 10.2. The molecule has 0 saturated heterocycles. The predicted molar refractivity (Wildman–Crippen MR) is 77.3 cm³/mol. The number of carbonyl (C=O) groups is 1. The fraction of sp³-hybridized carbons (Fsp3) is 0.364. The van der Waals surface area contributed by atoms with Gasteiger partial charge in [-0.1, -0.05) is 0 Å². The van der Waals surface area contributed by atoms with Crippen LogP contribution >= 0.6 is 28.6 Å². The number of halogens is 1. The summed E-state index contributed by atoms with van der Waals surface area (Å²) in [5.41, 5.74) is 0.534. The van der Waals surface area contributed by atoms with Crippen LogP contribution in [0.15, 0.2) is 27.6 Å². The van der Waals surface area contributed by atoms with Gasteiger partial charge in [0.25, 0.3) is 5.91 Å². The lowest BCUT2D eigenvalue weighted by Crippen LogP contribution is -2.36. The summed E-state index contributed by atoms with van der Waals surface area (Å²) in [6.07, 6.45) is 1.62. The molecule has 0 bridgehead atoms. The lowest BCUT2D eigenvalue weighted by Gasteiger charge is -2.13. The van der Waals surface area contributed by atoms with E-state index < -0.39 is 10.8 Å². The molecule has 0 spiro atoms. The molecule has 0 aliphatic carbocycles. The summed E-state index contributed by atoms with van der Waals surface area (Å²) in [4.78, 5) is 12.7. The first-order chi connectivity index (χ1) is 7.90. The maximum atomic E-state index is 11.9. The maximum Gasteiger partial charge on any atom is 0.252 e. The largest absolute Gasteiger partial charge is 0.349 e. The van der Waals surface area contributed by atoms with Crippen LogP contribution in [0.1, 0.15) is 17.3 Å². The second-order valence-corrected chi connectivity index (χ2v) is 6.63. The Hall–Kier alpha value is -0.330. The minimum atomic E-state index is -0.920. The SMILES string of the molecule is CC(CS(C)=O)NC(=O)c1cc(S)ccc1Br. The van der Waals surface area contributed by atoms with Gasteiger partial charge in [-0.05, 0) is 41.1 Å². The van der Waals surface area contributed by atoms with Crippen molar-refractivity contribution in [2.75, 3.05) is 12.0 Å². The quantitative estimate of drug-likeness (QED) is 0.829. The molecule has 2 unspecified atom stereocenters. The number of thiol groups is 1. The third-order valence-corrected chi connectivity index (χ3v) is 4.00. The Bertz CT molecular complexity index is 451. The molecule has 1 aromatic carbocycles. The molecule has 1 aromatic rings. The van der Waals surface area contributed by atoms with Gasteiger partial charge in [-0.25, -0.2) is 0 Å². The maximum absolute atomic E-state index is 11.9. The minimum Gasteiger partial charge on any atom is -0.349 e. The van der Waals surface area contributed by atoms with E-state index in [0.29, 0.717) is 11.3 Å². The van der Waals surface area contributed by atoms with E-state index in [1.54, 1.807) is 24.5 Å². The average Bonchev–Trinajstić information content (AvgIpc) is 2.20. The van der Waals surface area contributed by atoms with Gasteiger partial charge in [0.1, 0.15) is 0 Å². The highest BCUT2D eigenvalue weighted by molar-refractivity contribution is 9.10. The third-order valence-electron chi connectivity index (χ3n) is 2.06. The van der Waals surface area contributed by atoms with E-state index in [9.17, 15) is 9.00 Å². The highest BCUT2D eigenvalue weighted by atomic mass is 79.9.